The summed E-state index contributed by atoms with van der Waals surface area (Å²) in [5, 5.41) is 0. The summed E-state index contributed by atoms with van der Waals surface area (Å²) in [4.78, 5) is 3.09. The van der Waals surface area contributed by atoms with Crippen LogP contribution in [0.25, 0.3) is 0 Å². The number of H-pyrrole nitrogens is 1. The van der Waals surface area contributed by atoms with Crippen molar-refractivity contribution < 1.29 is 0 Å². The average Bonchev–Trinajstić information content (AvgIpc) is 2.50. The Morgan fingerprint density at radius 2 is 2.33 bits per heavy atom. The highest BCUT2D eigenvalue weighted by Gasteiger charge is 2.57. The Balaban J connectivity index is 2.19. The van der Waals surface area contributed by atoms with Crippen molar-refractivity contribution in [3.8, 4) is 0 Å². The molecule has 0 bridgehead atoms. The third-order valence-electron chi connectivity index (χ3n) is 3.29. The maximum absolute atomic E-state index is 5.70. The van der Waals surface area contributed by atoms with Gasteiger partial charge in [-0.3, -0.25) is 0 Å². The summed E-state index contributed by atoms with van der Waals surface area (Å²) in [6.07, 6.45) is 4.07. The fourth-order valence-electron chi connectivity index (χ4n) is 2.38. The number of nitrogens with one attached hydrogen (secondary N) is 1. The summed E-state index contributed by atoms with van der Waals surface area (Å²) in [7, 11) is 0. The molecule has 1 heterocycles. The Bertz CT molecular complexity index is 261. The maximum Gasteiger partial charge on any atom is 0.00405 e. The zero-order valence-corrected chi connectivity index (χ0v) is 7.67. The van der Waals surface area contributed by atoms with Crippen LogP contribution in [-0.4, -0.2) is 11.5 Å². The number of aromatic nitrogens is 1. The number of hydrogen-bond acceptors (Lipinski definition) is 1. The SMILES string of the molecule is CC1(C)[C@@H](CN)[C@@H]1c1cc[nH]c1. The molecule has 2 nitrogen and oxygen atoms in total. The molecule has 12 heavy (non-hydrogen) atoms. The molecule has 2 atom stereocenters. The van der Waals surface area contributed by atoms with Crippen molar-refractivity contribution in [3.05, 3.63) is 24.0 Å². The first kappa shape index (κ1) is 7.87. The van der Waals surface area contributed by atoms with E-state index >= 15 is 0 Å². The van der Waals surface area contributed by atoms with Crippen LogP contribution in [0.5, 0.6) is 0 Å². The van der Waals surface area contributed by atoms with Gasteiger partial charge in [-0.05, 0) is 35.4 Å². The van der Waals surface area contributed by atoms with Crippen LogP contribution in [0.1, 0.15) is 25.3 Å². The van der Waals surface area contributed by atoms with Crippen LogP contribution in [-0.2, 0) is 0 Å². The topological polar surface area (TPSA) is 41.8 Å². The van der Waals surface area contributed by atoms with E-state index < -0.39 is 0 Å². The van der Waals surface area contributed by atoms with Crippen LogP contribution >= 0.6 is 0 Å². The van der Waals surface area contributed by atoms with Crippen molar-refractivity contribution >= 4 is 0 Å². The monoisotopic (exact) mass is 164 g/mol. The number of nitrogens with two attached hydrogens (primary N) is 1. The molecule has 3 N–H and O–H groups in total. The van der Waals surface area contributed by atoms with Gasteiger partial charge in [0.2, 0.25) is 0 Å². The van der Waals surface area contributed by atoms with Gasteiger partial charge in [-0.15, -0.1) is 0 Å². The van der Waals surface area contributed by atoms with Gasteiger partial charge in [-0.1, -0.05) is 13.8 Å². The number of hydrogen-bond donors (Lipinski definition) is 2. The minimum absolute atomic E-state index is 0.414. The van der Waals surface area contributed by atoms with E-state index in [9.17, 15) is 0 Å². The van der Waals surface area contributed by atoms with Crippen LogP contribution in [0, 0.1) is 11.3 Å². The Labute approximate surface area is 73.2 Å². The van der Waals surface area contributed by atoms with Crippen LogP contribution < -0.4 is 5.73 Å². The molecule has 1 fully saturated rings. The van der Waals surface area contributed by atoms with E-state index in [0.29, 0.717) is 17.3 Å². The van der Waals surface area contributed by atoms with E-state index in [1.54, 1.807) is 0 Å². The first-order valence-corrected chi connectivity index (χ1v) is 4.50. The molecule has 2 rings (SSSR count). The van der Waals surface area contributed by atoms with Gasteiger partial charge in [-0.25, -0.2) is 0 Å². The lowest BCUT2D eigenvalue weighted by Crippen LogP contribution is -2.05. The van der Waals surface area contributed by atoms with Crippen molar-refractivity contribution in [2.24, 2.45) is 17.1 Å². The van der Waals surface area contributed by atoms with E-state index in [2.05, 4.69) is 31.1 Å². The molecule has 2 heteroatoms. The molecule has 1 aromatic rings. The minimum atomic E-state index is 0.414. The van der Waals surface area contributed by atoms with Crippen molar-refractivity contribution in [2.45, 2.75) is 19.8 Å². The highest BCUT2D eigenvalue weighted by atomic mass is 14.7. The molecule has 1 aromatic heterocycles. The number of aromatic amines is 1. The highest BCUT2D eigenvalue weighted by molar-refractivity contribution is 5.29. The molecule has 1 saturated carbocycles. The van der Waals surface area contributed by atoms with Gasteiger partial charge in [-0.2, -0.15) is 0 Å². The van der Waals surface area contributed by atoms with E-state index in [1.807, 2.05) is 6.20 Å². The Kier molecular flexibility index (Phi) is 1.55. The molecule has 0 radical (unpaired) electrons. The van der Waals surface area contributed by atoms with Gasteiger partial charge in [0.1, 0.15) is 0 Å². The third-order valence-corrected chi connectivity index (χ3v) is 3.29. The Morgan fingerprint density at radius 1 is 1.58 bits per heavy atom. The predicted molar refractivity (Wildman–Crippen MR) is 49.9 cm³/mol. The zero-order chi connectivity index (χ0) is 8.77. The van der Waals surface area contributed by atoms with Gasteiger partial charge in [0.15, 0.2) is 0 Å². The van der Waals surface area contributed by atoms with Gasteiger partial charge in [0.05, 0.1) is 0 Å². The fraction of sp³-hybridized carbons (Fsp3) is 0.600. The molecule has 0 amide bonds. The molecular weight excluding hydrogens is 148 g/mol. The largest absolute Gasteiger partial charge is 0.367 e. The molecule has 1 aliphatic carbocycles. The standard InChI is InChI=1S/C10H16N2/c1-10(2)8(5-11)9(10)7-3-4-12-6-7/h3-4,6,8-9,12H,5,11H2,1-2H3/t8-,9-/m0/s1. The molecule has 0 aromatic carbocycles. The molecule has 0 unspecified atom stereocenters. The fourth-order valence-corrected chi connectivity index (χ4v) is 2.38. The summed E-state index contributed by atoms with van der Waals surface area (Å²) in [5.74, 6) is 1.35. The van der Waals surface area contributed by atoms with Gasteiger partial charge in [0, 0.05) is 12.4 Å². The van der Waals surface area contributed by atoms with Crippen LogP contribution in [0.3, 0.4) is 0 Å². The summed E-state index contributed by atoms with van der Waals surface area (Å²) in [6, 6.07) is 2.15. The molecule has 0 saturated heterocycles. The normalized spacial score (nSPS) is 31.9. The van der Waals surface area contributed by atoms with Gasteiger partial charge in [0.25, 0.3) is 0 Å². The van der Waals surface area contributed by atoms with Crippen LogP contribution in [0.15, 0.2) is 18.5 Å². The Hall–Kier alpha value is -0.760. The smallest absolute Gasteiger partial charge is 0.00405 e. The minimum Gasteiger partial charge on any atom is -0.367 e. The van der Waals surface area contributed by atoms with E-state index in [0.717, 1.165) is 6.54 Å². The molecule has 0 spiro atoms. The second-order valence-corrected chi connectivity index (χ2v) is 4.29. The summed E-state index contributed by atoms with van der Waals surface area (Å²) >= 11 is 0. The quantitative estimate of drug-likeness (QED) is 0.686. The maximum atomic E-state index is 5.70. The summed E-state index contributed by atoms with van der Waals surface area (Å²) < 4.78 is 0. The second kappa shape index (κ2) is 2.36. The van der Waals surface area contributed by atoms with Crippen molar-refractivity contribution in [1.29, 1.82) is 0 Å². The predicted octanol–water partition coefficient (Wildman–Crippen LogP) is 1.71. The first-order chi connectivity index (χ1) is 5.68. The lowest BCUT2D eigenvalue weighted by Gasteiger charge is -1.98. The van der Waals surface area contributed by atoms with Crippen LogP contribution in [0.4, 0.5) is 0 Å². The third kappa shape index (κ3) is 0.911. The number of rotatable bonds is 2. The molecule has 66 valence electrons. The van der Waals surface area contributed by atoms with Gasteiger partial charge < -0.3 is 10.7 Å². The van der Waals surface area contributed by atoms with Gasteiger partial charge >= 0.3 is 0 Å². The first-order valence-electron chi connectivity index (χ1n) is 4.50. The average molecular weight is 164 g/mol. The van der Waals surface area contributed by atoms with Crippen molar-refractivity contribution in [2.75, 3.05) is 6.54 Å². The van der Waals surface area contributed by atoms with E-state index in [-0.39, 0.29) is 0 Å². The summed E-state index contributed by atoms with van der Waals surface area (Å²) in [5.41, 5.74) is 7.52. The lowest BCUT2D eigenvalue weighted by atomic mass is 10.1. The van der Waals surface area contributed by atoms with Crippen LogP contribution in [0.2, 0.25) is 0 Å². The molecular formula is C10H16N2. The second-order valence-electron chi connectivity index (χ2n) is 4.29. The van der Waals surface area contributed by atoms with E-state index in [4.69, 9.17) is 5.73 Å². The van der Waals surface area contributed by atoms with Crippen molar-refractivity contribution in [1.82, 2.24) is 4.98 Å². The van der Waals surface area contributed by atoms with E-state index in [1.165, 1.54) is 5.56 Å². The lowest BCUT2D eigenvalue weighted by molar-refractivity contribution is 0.558. The van der Waals surface area contributed by atoms with Crippen molar-refractivity contribution in [3.63, 3.8) is 0 Å². The highest BCUT2D eigenvalue weighted by Crippen LogP contribution is 2.63. The molecule has 1 aliphatic rings. The Morgan fingerprint density at radius 3 is 2.75 bits per heavy atom. The zero-order valence-electron chi connectivity index (χ0n) is 7.67. The summed E-state index contributed by atoms with van der Waals surface area (Å²) in [6.45, 7) is 5.40. The molecule has 0 aliphatic heterocycles.